The van der Waals surface area contributed by atoms with Crippen LogP contribution in [0.1, 0.15) is 6.92 Å². The van der Waals surface area contributed by atoms with E-state index < -0.39 is 0 Å². The van der Waals surface area contributed by atoms with Crippen molar-refractivity contribution in [3.8, 4) is 0 Å². The largest absolute Gasteiger partial charge is 0.336 e. The molecular formula is C12H13ClN2O2S. The maximum atomic E-state index is 12.1. The van der Waals surface area contributed by atoms with Crippen LogP contribution in [0.15, 0.2) is 29.2 Å². The molecule has 96 valence electrons. The second-order valence-corrected chi connectivity index (χ2v) is 5.70. The van der Waals surface area contributed by atoms with E-state index in [0.717, 1.165) is 4.90 Å². The molecule has 18 heavy (non-hydrogen) atoms. The number of hydrogen-bond acceptors (Lipinski definition) is 3. The molecule has 1 aliphatic heterocycles. The highest BCUT2D eigenvalue weighted by Gasteiger charge is 2.30. The van der Waals surface area contributed by atoms with Crippen LogP contribution in [0, 0.1) is 0 Å². The number of urea groups is 1. The third kappa shape index (κ3) is 2.79. The minimum absolute atomic E-state index is 0.185. The van der Waals surface area contributed by atoms with Crippen LogP contribution in [0.2, 0.25) is 5.02 Å². The number of nitrogens with one attached hydrogen (secondary N) is 1. The molecule has 2 rings (SSSR count). The van der Waals surface area contributed by atoms with Gasteiger partial charge in [0.05, 0.1) is 10.3 Å². The van der Waals surface area contributed by atoms with Crippen molar-refractivity contribution in [2.75, 3.05) is 13.1 Å². The lowest BCUT2D eigenvalue weighted by Crippen LogP contribution is -2.38. The van der Waals surface area contributed by atoms with Gasteiger partial charge in [-0.1, -0.05) is 23.7 Å². The quantitative estimate of drug-likeness (QED) is 0.867. The average molecular weight is 285 g/mol. The summed E-state index contributed by atoms with van der Waals surface area (Å²) in [6.07, 6.45) is 0. The monoisotopic (exact) mass is 284 g/mol. The Labute approximate surface area is 115 Å². The van der Waals surface area contributed by atoms with Crippen molar-refractivity contribution >= 4 is 35.3 Å². The van der Waals surface area contributed by atoms with Gasteiger partial charge in [-0.3, -0.25) is 9.69 Å². The van der Waals surface area contributed by atoms with Crippen LogP contribution < -0.4 is 5.32 Å². The lowest BCUT2D eigenvalue weighted by molar-refractivity contribution is -0.126. The SMILES string of the molecule is C[C@H](Sc1ccccc1Cl)C(=O)N1CCNC1=O. The van der Waals surface area contributed by atoms with Gasteiger partial charge < -0.3 is 5.32 Å². The number of amides is 3. The molecule has 0 aromatic heterocycles. The molecule has 1 fully saturated rings. The number of imide groups is 1. The Morgan fingerprint density at radius 1 is 1.50 bits per heavy atom. The molecular weight excluding hydrogens is 272 g/mol. The van der Waals surface area contributed by atoms with Gasteiger partial charge in [0.25, 0.3) is 0 Å². The lowest BCUT2D eigenvalue weighted by Gasteiger charge is -2.17. The second kappa shape index (κ2) is 5.63. The van der Waals surface area contributed by atoms with Gasteiger partial charge in [-0.15, -0.1) is 11.8 Å². The molecule has 1 saturated heterocycles. The Morgan fingerprint density at radius 3 is 2.83 bits per heavy atom. The Bertz CT molecular complexity index is 481. The summed E-state index contributed by atoms with van der Waals surface area (Å²) in [5, 5.41) is 2.89. The van der Waals surface area contributed by atoms with E-state index in [1.54, 1.807) is 13.0 Å². The third-order valence-electron chi connectivity index (χ3n) is 2.61. The molecule has 0 unspecified atom stereocenters. The van der Waals surface area contributed by atoms with E-state index in [-0.39, 0.29) is 17.2 Å². The Kier molecular flexibility index (Phi) is 4.14. The van der Waals surface area contributed by atoms with E-state index in [1.807, 2.05) is 18.2 Å². The van der Waals surface area contributed by atoms with Gasteiger partial charge in [0.15, 0.2) is 0 Å². The van der Waals surface area contributed by atoms with E-state index in [2.05, 4.69) is 5.32 Å². The zero-order valence-electron chi connectivity index (χ0n) is 9.85. The fraction of sp³-hybridized carbons (Fsp3) is 0.333. The fourth-order valence-corrected chi connectivity index (χ4v) is 2.90. The van der Waals surface area contributed by atoms with Crippen molar-refractivity contribution in [2.24, 2.45) is 0 Å². The molecule has 0 bridgehead atoms. The Balaban J connectivity index is 2.04. The predicted molar refractivity (Wildman–Crippen MR) is 71.9 cm³/mol. The molecule has 1 aliphatic rings. The first kappa shape index (κ1) is 13.2. The van der Waals surface area contributed by atoms with Gasteiger partial charge in [0.1, 0.15) is 0 Å². The summed E-state index contributed by atoms with van der Waals surface area (Å²) in [5.41, 5.74) is 0. The summed E-state index contributed by atoms with van der Waals surface area (Å²) in [7, 11) is 0. The van der Waals surface area contributed by atoms with Gasteiger partial charge >= 0.3 is 6.03 Å². The molecule has 0 radical (unpaired) electrons. The van der Waals surface area contributed by atoms with E-state index in [4.69, 9.17) is 11.6 Å². The second-order valence-electron chi connectivity index (χ2n) is 3.91. The fourth-order valence-electron chi connectivity index (χ4n) is 1.68. The lowest BCUT2D eigenvalue weighted by atomic mass is 10.4. The molecule has 6 heteroatoms. The topological polar surface area (TPSA) is 49.4 Å². The van der Waals surface area contributed by atoms with Crippen molar-refractivity contribution in [2.45, 2.75) is 17.1 Å². The van der Waals surface area contributed by atoms with Crippen LogP contribution in [0.3, 0.4) is 0 Å². The van der Waals surface area contributed by atoms with Gasteiger partial charge in [0.2, 0.25) is 5.91 Å². The van der Waals surface area contributed by atoms with E-state index in [1.165, 1.54) is 16.7 Å². The van der Waals surface area contributed by atoms with Crippen LogP contribution in [0.4, 0.5) is 4.79 Å². The van der Waals surface area contributed by atoms with Crippen molar-refractivity contribution in [3.63, 3.8) is 0 Å². The number of halogens is 1. The van der Waals surface area contributed by atoms with Gasteiger partial charge in [-0.05, 0) is 19.1 Å². The summed E-state index contributed by atoms with van der Waals surface area (Å²) in [6, 6.07) is 7.04. The molecule has 1 aromatic carbocycles. The highest BCUT2D eigenvalue weighted by Crippen LogP contribution is 2.30. The number of thioether (sulfide) groups is 1. The molecule has 0 aliphatic carbocycles. The minimum Gasteiger partial charge on any atom is -0.336 e. The first-order chi connectivity index (χ1) is 8.59. The first-order valence-electron chi connectivity index (χ1n) is 5.60. The van der Waals surface area contributed by atoms with Crippen molar-refractivity contribution in [1.82, 2.24) is 10.2 Å². The molecule has 1 N–H and O–H groups in total. The van der Waals surface area contributed by atoms with Crippen LogP contribution in [0.25, 0.3) is 0 Å². The number of rotatable bonds is 3. The van der Waals surface area contributed by atoms with Crippen molar-refractivity contribution < 1.29 is 9.59 Å². The molecule has 1 aromatic rings. The average Bonchev–Trinajstić information content (AvgIpc) is 2.77. The Morgan fingerprint density at radius 2 is 2.22 bits per heavy atom. The first-order valence-corrected chi connectivity index (χ1v) is 6.86. The van der Waals surface area contributed by atoms with Gasteiger partial charge in [-0.2, -0.15) is 0 Å². The number of hydrogen-bond donors (Lipinski definition) is 1. The minimum atomic E-state index is -0.339. The summed E-state index contributed by atoms with van der Waals surface area (Å²) in [5.74, 6) is -0.185. The molecule has 1 heterocycles. The summed E-state index contributed by atoms with van der Waals surface area (Å²) in [6.45, 7) is 2.74. The number of carbonyl (C=O) groups excluding carboxylic acids is 2. The normalized spacial score (nSPS) is 16.6. The Hall–Kier alpha value is -1.20. The summed E-state index contributed by atoms with van der Waals surface area (Å²) >= 11 is 7.40. The molecule has 1 atom stereocenters. The van der Waals surface area contributed by atoms with Gasteiger partial charge in [0, 0.05) is 18.0 Å². The number of benzene rings is 1. The van der Waals surface area contributed by atoms with Crippen LogP contribution >= 0.6 is 23.4 Å². The number of carbonyl (C=O) groups is 2. The van der Waals surface area contributed by atoms with Crippen LogP contribution in [0.5, 0.6) is 0 Å². The van der Waals surface area contributed by atoms with Crippen molar-refractivity contribution in [3.05, 3.63) is 29.3 Å². The maximum Gasteiger partial charge on any atom is 0.324 e. The molecule has 0 spiro atoms. The molecule has 4 nitrogen and oxygen atoms in total. The highest BCUT2D eigenvalue weighted by atomic mass is 35.5. The summed E-state index contributed by atoms with van der Waals surface area (Å²) < 4.78 is 0. The predicted octanol–water partition coefficient (Wildman–Crippen LogP) is 2.37. The number of nitrogens with zero attached hydrogens (tertiary/aromatic N) is 1. The van der Waals surface area contributed by atoms with E-state index in [9.17, 15) is 9.59 Å². The zero-order chi connectivity index (χ0) is 13.1. The highest BCUT2D eigenvalue weighted by molar-refractivity contribution is 8.00. The van der Waals surface area contributed by atoms with E-state index >= 15 is 0 Å². The zero-order valence-corrected chi connectivity index (χ0v) is 11.4. The van der Waals surface area contributed by atoms with Crippen molar-refractivity contribution in [1.29, 1.82) is 0 Å². The van der Waals surface area contributed by atoms with Gasteiger partial charge in [-0.25, -0.2) is 4.79 Å². The standard InChI is InChI=1S/C12H13ClN2O2S/c1-8(11(16)15-7-6-14-12(15)17)18-10-5-3-2-4-9(10)13/h2-5,8H,6-7H2,1H3,(H,14,17)/t8-/m0/s1. The third-order valence-corrected chi connectivity index (χ3v) is 4.22. The summed E-state index contributed by atoms with van der Waals surface area (Å²) in [4.78, 5) is 25.6. The van der Waals surface area contributed by atoms with Crippen LogP contribution in [-0.2, 0) is 4.79 Å². The molecule has 3 amide bonds. The van der Waals surface area contributed by atoms with E-state index in [0.29, 0.717) is 18.1 Å². The van der Waals surface area contributed by atoms with Crippen LogP contribution in [-0.4, -0.2) is 35.2 Å². The molecule has 0 saturated carbocycles. The maximum absolute atomic E-state index is 12.1. The smallest absolute Gasteiger partial charge is 0.324 e.